The molecule has 2 fully saturated rings. The molecule has 0 amide bonds. The number of ether oxygens (including phenoxy) is 4. The molecular formula is C24H40O10. The molecule has 2 heterocycles. The maximum atomic E-state index is 10.4. The van der Waals surface area contributed by atoms with Crippen LogP contribution >= 0.6 is 0 Å². The highest BCUT2D eigenvalue weighted by Crippen LogP contribution is 2.41. The van der Waals surface area contributed by atoms with Crippen molar-refractivity contribution in [2.24, 2.45) is 11.3 Å². The Labute approximate surface area is 200 Å². The molecule has 2 aliphatic heterocycles. The molecule has 10 heteroatoms. The van der Waals surface area contributed by atoms with Crippen LogP contribution in [0.1, 0.15) is 40.5 Å². The van der Waals surface area contributed by atoms with E-state index in [1.165, 1.54) is 5.57 Å². The molecule has 0 bridgehead atoms. The lowest BCUT2D eigenvalue weighted by molar-refractivity contribution is -0.314. The zero-order chi connectivity index (χ0) is 25.2. The van der Waals surface area contributed by atoms with E-state index in [4.69, 9.17) is 18.9 Å². The lowest BCUT2D eigenvalue weighted by Crippen LogP contribution is -2.60. The van der Waals surface area contributed by atoms with Crippen molar-refractivity contribution >= 4 is 0 Å². The first-order valence-corrected chi connectivity index (χ1v) is 11.9. The quantitative estimate of drug-likeness (QED) is 0.248. The van der Waals surface area contributed by atoms with Crippen molar-refractivity contribution in [1.29, 1.82) is 0 Å². The zero-order valence-corrected chi connectivity index (χ0v) is 20.2. The minimum atomic E-state index is -1.55. The van der Waals surface area contributed by atoms with E-state index in [-0.39, 0.29) is 17.9 Å². The van der Waals surface area contributed by atoms with Gasteiger partial charge in [0, 0.05) is 5.92 Å². The number of aliphatic hydroxyl groups is 6. The number of allylic oxidation sites excluding steroid dienone is 3. The molecule has 0 aromatic rings. The van der Waals surface area contributed by atoms with E-state index < -0.39 is 68.0 Å². The summed E-state index contributed by atoms with van der Waals surface area (Å²) in [6, 6.07) is 0. The van der Waals surface area contributed by atoms with Crippen LogP contribution in [0.2, 0.25) is 0 Å². The maximum absolute atomic E-state index is 10.4. The number of hydrogen-bond acceptors (Lipinski definition) is 10. The monoisotopic (exact) mass is 488 g/mol. The van der Waals surface area contributed by atoms with Crippen LogP contribution in [0.25, 0.3) is 0 Å². The van der Waals surface area contributed by atoms with Gasteiger partial charge in [-0.3, -0.25) is 0 Å². The van der Waals surface area contributed by atoms with Gasteiger partial charge in [-0.1, -0.05) is 37.6 Å². The lowest BCUT2D eigenvalue weighted by atomic mass is 9.68. The summed E-state index contributed by atoms with van der Waals surface area (Å²) in [6.45, 7) is 7.55. The molecule has 2 saturated heterocycles. The molecule has 0 aromatic heterocycles. The standard InChI is InChI=1S/C24H40O10/c1-12-6-5-9-24(3,4)14(12)8-7-13(2)32-23-21(30)19(28)18(27)16(34-23)11-31-22-20(29)17(26)15(10-25)33-22/h6-8,13-23,25-30H,5,9-11H2,1-4H3/b8-7+. The molecule has 11 unspecified atom stereocenters. The minimum absolute atomic E-state index is 0.119. The molecule has 1 aliphatic carbocycles. The van der Waals surface area contributed by atoms with Gasteiger partial charge in [0.15, 0.2) is 12.6 Å². The van der Waals surface area contributed by atoms with Crippen LogP contribution in [0, 0.1) is 11.3 Å². The van der Waals surface area contributed by atoms with Crippen molar-refractivity contribution in [2.75, 3.05) is 13.2 Å². The molecule has 0 saturated carbocycles. The largest absolute Gasteiger partial charge is 0.394 e. The molecule has 196 valence electrons. The first-order chi connectivity index (χ1) is 16.0. The molecular weight excluding hydrogens is 448 g/mol. The average Bonchev–Trinajstić information content (AvgIpc) is 3.05. The average molecular weight is 489 g/mol. The van der Waals surface area contributed by atoms with E-state index in [0.717, 1.165) is 12.8 Å². The fourth-order valence-electron chi connectivity index (χ4n) is 4.87. The molecule has 10 nitrogen and oxygen atoms in total. The molecule has 6 N–H and O–H groups in total. The Balaban J connectivity index is 1.59. The van der Waals surface area contributed by atoms with Crippen molar-refractivity contribution in [1.82, 2.24) is 0 Å². The molecule has 3 rings (SSSR count). The third-order valence-corrected chi connectivity index (χ3v) is 7.10. The van der Waals surface area contributed by atoms with Crippen LogP contribution in [-0.2, 0) is 18.9 Å². The molecule has 0 radical (unpaired) electrons. The Morgan fingerprint density at radius 2 is 1.62 bits per heavy atom. The van der Waals surface area contributed by atoms with Crippen molar-refractivity contribution in [2.45, 2.75) is 102 Å². The van der Waals surface area contributed by atoms with Crippen LogP contribution in [0.15, 0.2) is 23.8 Å². The van der Waals surface area contributed by atoms with Gasteiger partial charge < -0.3 is 49.6 Å². The van der Waals surface area contributed by atoms with Crippen LogP contribution in [0.4, 0.5) is 0 Å². The maximum Gasteiger partial charge on any atom is 0.187 e. The van der Waals surface area contributed by atoms with Gasteiger partial charge in [0.25, 0.3) is 0 Å². The second-order valence-electron chi connectivity index (χ2n) is 10.2. The van der Waals surface area contributed by atoms with Crippen molar-refractivity contribution in [3.8, 4) is 0 Å². The topological polar surface area (TPSA) is 158 Å². The summed E-state index contributed by atoms with van der Waals surface area (Å²) >= 11 is 0. The van der Waals surface area contributed by atoms with Gasteiger partial charge in [-0.05, 0) is 32.1 Å². The summed E-state index contributed by atoms with van der Waals surface area (Å²) in [5.41, 5.74) is 1.42. The molecule has 34 heavy (non-hydrogen) atoms. The van der Waals surface area contributed by atoms with E-state index in [0.29, 0.717) is 0 Å². The van der Waals surface area contributed by atoms with E-state index in [1.807, 2.05) is 6.08 Å². The lowest BCUT2D eigenvalue weighted by Gasteiger charge is -2.41. The van der Waals surface area contributed by atoms with Gasteiger partial charge in [-0.25, -0.2) is 0 Å². The van der Waals surface area contributed by atoms with E-state index >= 15 is 0 Å². The second kappa shape index (κ2) is 11.4. The Kier molecular flexibility index (Phi) is 9.30. The van der Waals surface area contributed by atoms with Crippen molar-refractivity contribution < 1.29 is 49.6 Å². The Hall–Kier alpha value is -0.920. The predicted octanol–water partition coefficient (Wildman–Crippen LogP) is -0.407. The summed E-state index contributed by atoms with van der Waals surface area (Å²) in [5.74, 6) is 0.258. The third kappa shape index (κ3) is 6.07. The Morgan fingerprint density at radius 1 is 1.00 bits per heavy atom. The van der Waals surface area contributed by atoms with Crippen molar-refractivity contribution in [3.63, 3.8) is 0 Å². The number of rotatable bonds is 8. The summed E-state index contributed by atoms with van der Waals surface area (Å²) in [5, 5.41) is 60.0. The summed E-state index contributed by atoms with van der Waals surface area (Å²) in [6.07, 6.45) is -3.86. The number of aliphatic hydroxyl groups excluding tert-OH is 6. The van der Waals surface area contributed by atoms with Crippen LogP contribution in [-0.4, -0.2) is 105 Å². The fourth-order valence-corrected chi connectivity index (χ4v) is 4.87. The van der Waals surface area contributed by atoms with Gasteiger partial charge in [0.1, 0.15) is 42.7 Å². The van der Waals surface area contributed by atoms with E-state index in [9.17, 15) is 30.6 Å². The molecule has 3 aliphatic rings. The molecule has 0 aromatic carbocycles. The summed E-state index contributed by atoms with van der Waals surface area (Å²) in [7, 11) is 0. The fraction of sp³-hybridized carbons (Fsp3) is 0.833. The summed E-state index contributed by atoms with van der Waals surface area (Å²) in [4.78, 5) is 0. The van der Waals surface area contributed by atoms with Crippen LogP contribution < -0.4 is 0 Å². The van der Waals surface area contributed by atoms with E-state index in [1.54, 1.807) is 6.92 Å². The second-order valence-corrected chi connectivity index (χ2v) is 10.2. The Bertz CT molecular complexity index is 725. The van der Waals surface area contributed by atoms with E-state index in [2.05, 4.69) is 32.9 Å². The van der Waals surface area contributed by atoms with Crippen LogP contribution in [0.5, 0.6) is 0 Å². The predicted molar refractivity (Wildman–Crippen MR) is 120 cm³/mol. The molecule has 11 atom stereocenters. The summed E-state index contributed by atoms with van der Waals surface area (Å²) < 4.78 is 22.2. The minimum Gasteiger partial charge on any atom is -0.394 e. The van der Waals surface area contributed by atoms with Gasteiger partial charge in [-0.2, -0.15) is 0 Å². The zero-order valence-electron chi connectivity index (χ0n) is 20.2. The van der Waals surface area contributed by atoms with Gasteiger partial charge in [0.2, 0.25) is 0 Å². The molecule has 0 spiro atoms. The first-order valence-electron chi connectivity index (χ1n) is 11.9. The van der Waals surface area contributed by atoms with Gasteiger partial charge in [0.05, 0.1) is 19.3 Å². The highest BCUT2D eigenvalue weighted by Gasteiger charge is 2.47. The van der Waals surface area contributed by atoms with Gasteiger partial charge >= 0.3 is 0 Å². The SMILES string of the molecule is CC1=CCCC(C)(C)C1/C=C/C(C)OC1OC(COC2OC(CO)C(O)C2O)C(O)C(O)C1O. The normalized spacial score (nSPS) is 43.8. The van der Waals surface area contributed by atoms with Gasteiger partial charge in [-0.15, -0.1) is 0 Å². The smallest absolute Gasteiger partial charge is 0.187 e. The van der Waals surface area contributed by atoms with Crippen LogP contribution in [0.3, 0.4) is 0 Å². The first kappa shape index (κ1) is 27.7. The highest BCUT2D eigenvalue weighted by molar-refractivity contribution is 5.19. The third-order valence-electron chi connectivity index (χ3n) is 7.10. The number of hydrogen-bond donors (Lipinski definition) is 6. The highest BCUT2D eigenvalue weighted by atomic mass is 16.7. The Morgan fingerprint density at radius 3 is 2.24 bits per heavy atom. The van der Waals surface area contributed by atoms with Crippen molar-refractivity contribution in [3.05, 3.63) is 23.8 Å².